The van der Waals surface area contributed by atoms with Crippen LogP contribution in [0.4, 0.5) is 16.3 Å². The van der Waals surface area contributed by atoms with Gasteiger partial charge in [-0.25, -0.2) is 24.7 Å². The second-order valence-corrected chi connectivity index (χ2v) is 11.6. The molecule has 0 bridgehead atoms. The highest BCUT2D eigenvalue weighted by molar-refractivity contribution is 5.90. The van der Waals surface area contributed by atoms with Crippen molar-refractivity contribution in [3.05, 3.63) is 59.8 Å². The van der Waals surface area contributed by atoms with E-state index in [4.69, 9.17) is 14.7 Å². The van der Waals surface area contributed by atoms with Crippen molar-refractivity contribution in [2.45, 2.75) is 46.6 Å². The van der Waals surface area contributed by atoms with Gasteiger partial charge in [0.15, 0.2) is 5.82 Å². The molecule has 11 nitrogen and oxygen atoms in total. The zero-order valence-electron chi connectivity index (χ0n) is 24.0. The minimum atomic E-state index is -0.224. The van der Waals surface area contributed by atoms with E-state index >= 15 is 0 Å². The number of fused-ring (bicyclic) bond motifs is 1. The highest BCUT2D eigenvalue weighted by Crippen LogP contribution is 2.31. The van der Waals surface area contributed by atoms with Gasteiger partial charge < -0.3 is 25.2 Å². The molecule has 1 fully saturated rings. The molecule has 3 amide bonds. The molecule has 2 aliphatic rings. The van der Waals surface area contributed by atoms with E-state index < -0.39 is 0 Å². The van der Waals surface area contributed by atoms with Gasteiger partial charge in [0.1, 0.15) is 5.82 Å². The number of nitrogens with zero attached hydrogens (tertiary/aromatic N) is 6. The van der Waals surface area contributed by atoms with Gasteiger partial charge in [-0.1, -0.05) is 20.8 Å². The molecule has 0 aliphatic carbocycles. The van der Waals surface area contributed by atoms with Gasteiger partial charge in [-0.3, -0.25) is 4.79 Å². The average molecular weight is 559 g/mol. The molecule has 3 aromatic rings. The number of ether oxygens (including phenoxy) is 1. The minimum absolute atomic E-state index is 0.181. The first-order valence-electron chi connectivity index (χ1n) is 14.2. The second-order valence-electron chi connectivity index (χ2n) is 11.6. The lowest BCUT2D eigenvalue weighted by Crippen LogP contribution is -2.41. The molecule has 0 unspecified atom stereocenters. The molecule has 1 saturated heterocycles. The molecule has 4 heterocycles. The summed E-state index contributed by atoms with van der Waals surface area (Å²) >= 11 is 0. The van der Waals surface area contributed by atoms with E-state index in [1.165, 1.54) is 0 Å². The Morgan fingerprint density at radius 3 is 2.44 bits per heavy atom. The van der Waals surface area contributed by atoms with Crippen molar-refractivity contribution in [1.82, 2.24) is 30.2 Å². The van der Waals surface area contributed by atoms with Crippen molar-refractivity contribution in [3.8, 4) is 11.4 Å². The number of aromatic nitrogens is 4. The molecule has 0 saturated carbocycles. The SMILES string of the molecule is CC(C)(C)CCCNC(=O)Nc1ccc(-c2nc3c(c(N4CCOCC4)n2)CCN(C(=O)c2ncccn2)C3)cc1. The topological polar surface area (TPSA) is 125 Å². The number of carbonyl (C=O) groups is 2. The van der Waals surface area contributed by atoms with Crippen LogP contribution in [-0.2, 0) is 17.7 Å². The summed E-state index contributed by atoms with van der Waals surface area (Å²) in [5.41, 5.74) is 3.65. The standard InChI is InChI=1S/C30H38N8O3/c1-30(2,3)11-4-12-33-29(40)34-22-8-6-21(7-9-22)25-35-24-20-38(28(39)26-31-13-5-14-32-26)15-10-23(24)27(36-25)37-16-18-41-19-17-37/h5-9,13-14H,4,10-12,15-20H2,1-3H3,(H2,33,34,40). The normalized spacial score (nSPS) is 15.3. The van der Waals surface area contributed by atoms with Crippen molar-refractivity contribution in [2.75, 3.05) is 49.6 Å². The molecule has 2 aromatic heterocycles. The van der Waals surface area contributed by atoms with Gasteiger partial charge in [0.25, 0.3) is 5.91 Å². The maximum absolute atomic E-state index is 13.1. The number of morpholine rings is 1. The quantitative estimate of drug-likeness (QED) is 0.418. The summed E-state index contributed by atoms with van der Waals surface area (Å²) in [5.74, 6) is 1.44. The van der Waals surface area contributed by atoms with E-state index in [0.29, 0.717) is 50.8 Å². The molecular formula is C30H38N8O3. The summed E-state index contributed by atoms with van der Waals surface area (Å²) in [6.45, 7) is 10.9. The minimum Gasteiger partial charge on any atom is -0.378 e. The number of rotatable bonds is 7. The molecule has 0 atom stereocenters. The third kappa shape index (κ3) is 7.35. The van der Waals surface area contributed by atoms with E-state index in [0.717, 1.165) is 48.6 Å². The Hall–Kier alpha value is -4.12. The van der Waals surface area contributed by atoms with Gasteiger partial charge in [0, 0.05) is 55.4 Å². The van der Waals surface area contributed by atoms with Crippen molar-refractivity contribution >= 4 is 23.4 Å². The zero-order valence-corrected chi connectivity index (χ0v) is 24.0. The highest BCUT2D eigenvalue weighted by Gasteiger charge is 2.29. The van der Waals surface area contributed by atoms with E-state index in [9.17, 15) is 9.59 Å². The van der Waals surface area contributed by atoms with Gasteiger partial charge in [-0.2, -0.15) is 0 Å². The summed E-state index contributed by atoms with van der Waals surface area (Å²) in [7, 11) is 0. The van der Waals surface area contributed by atoms with E-state index in [-0.39, 0.29) is 23.2 Å². The number of anilines is 2. The molecule has 216 valence electrons. The fourth-order valence-electron chi connectivity index (χ4n) is 5.00. The predicted octanol–water partition coefficient (Wildman–Crippen LogP) is 3.92. The largest absolute Gasteiger partial charge is 0.378 e. The Bertz CT molecular complexity index is 1350. The molecule has 0 spiro atoms. The lowest BCUT2D eigenvalue weighted by atomic mass is 9.91. The third-order valence-corrected chi connectivity index (χ3v) is 7.19. The Labute approximate surface area is 240 Å². The zero-order chi connectivity index (χ0) is 28.8. The van der Waals surface area contributed by atoms with Gasteiger partial charge in [0.05, 0.1) is 25.5 Å². The van der Waals surface area contributed by atoms with E-state index in [1.807, 2.05) is 24.3 Å². The molecule has 11 heteroatoms. The fraction of sp³-hybridized carbons (Fsp3) is 0.467. The second kappa shape index (κ2) is 12.6. The molecule has 0 radical (unpaired) electrons. The van der Waals surface area contributed by atoms with Crippen LogP contribution < -0.4 is 15.5 Å². The lowest BCUT2D eigenvalue weighted by molar-refractivity contribution is 0.0719. The Morgan fingerprint density at radius 1 is 1.00 bits per heavy atom. The molecular weight excluding hydrogens is 520 g/mol. The van der Waals surface area contributed by atoms with Crippen molar-refractivity contribution < 1.29 is 14.3 Å². The van der Waals surface area contributed by atoms with Crippen LogP contribution in [0.1, 0.15) is 55.5 Å². The monoisotopic (exact) mass is 558 g/mol. The van der Waals surface area contributed by atoms with Crippen LogP contribution in [0.25, 0.3) is 11.4 Å². The lowest BCUT2D eigenvalue weighted by Gasteiger charge is -2.34. The number of nitrogens with one attached hydrogen (secondary N) is 2. The van der Waals surface area contributed by atoms with Crippen LogP contribution in [0, 0.1) is 5.41 Å². The molecule has 5 rings (SSSR count). The number of hydrogen-bond acceptors (Lipinski definition) is 8. The summed E-state index contributed by atoms with van der Waals surface area (Å²) in [4.78, 5) is 47.6. The molecule has 41 heavy (non-hydrogen) atoms. The van der Waals surface area contributed by atoms with Crippen LogP contribution in [-0.4, -0.2) is 76.2 Å². The molecule has 2 N–H and O–H groups in total. The Morgan fingerprint density at radius 2 is 1.73 bits per heavy atom. The average Bonchev–Trinajstić information content (AvgIpc) is 2.99. The van der Waals surface area contributed by atoms with Crippen molar-refractivity contribution in [2.24, 2.45) is 5.41 Å². The first-order chi connectivity index (χ1) is 19.8. The van der Waals surface area contributed by atoms with Gasteiger partial charge in [-0.05, 0) is 55.0 Å². The summed E-state index contributed by atoms with van der Waals surface area (Å²) < 4.78 is 5.58. The number of amides is 3. The van der Waals surface area contributed by atoms with Crippen LogP contribution in [0.2, 0.25) is 0 Å². The maximum atomic E-state index is 13.1. The van der Waals surface area contributed by atoms with E-state index in [1.54, 1.807) is 23.4 Å². The van der Waals surface area contributed by atoms with Gasteiger partial charge >= 0.3 is 6.03 Å². The van der Waals surface area contributed by atoms with Crippen LogP contribution in [0.15, 0.2) is 42.7 Å². The Kier molecular flexibility index (Phi) is 8.72. The van der Waals surface area contributed by atoms with Crippen LogP contribution in [0.3, 0.4) is 0 Å². The third-order valence-electron chi connectivity index (χ3n) is 7.19. The molecule has 1 aromatic carbocycles. The van der Waals surface area contributed by atoms with Crippen LogP contribution in [0.5, 0.6) is 0 Å². The first kappa shape index (κ1) is 28.4. The summed E-state index contributed by atoms with van der Waals surface area (Å²) in [6.07, 6.45) is 5.77. The first-order valence-corrected chi connectivity index (χ1v) is 14.2. The van der Waals surface area contributed by atoms with Crippen molar-refractivity contribution in [1.29, 1.82) is 0 Å². The smallest absolute Gasteiger partial charge is 0.319 e. The van der Waals surface area contributed by atoms with Crippen LogP contribution >= 0.6 is 0 Å². The maximum Gasteiger partial charge on any atom is 0.319 e. The predicted molar refractivity (Wildman–Crippen MR) is 157 cm³/mol. The number of urea groups is 1. The highest BCUT2D eigenvalue weighted by atomic mass is 16.5. The van der Waals surface area contributed by atoms with Crippen molar-refractivity contribution in [3.63, 3.8) is 0 Å². The van der Waals surface area contributed by atoms with Gasteiger partial charge in [0.2, 0.25) is 5.82 Å². The molecule has 2 aliphatic heterocycles. The number of benzene rings is 1. The van der Waals surface area contributed by atoms with E-state index in [2.05, 4.69) is 46.3 Å². The summed E-state index contributed by atoms with van der Waals surface area (Å²) in [5, 5.41) is 5.82. The number of carbonyl (C=O) groups excluding carboxylic acids is 2. The fourth-order valence-corrected chi connectivity index (χ4v) is 5.00. The summed E-state index contributed by atoms with van der Waals surface area (Å²) in [6, 6.07) is 8.98. The Balaban J connectivity index is 1.33. The van der Waals surface area contributed by atoms with Gasteiger partial charge in [-0.15, -0.1) is 0 Å². The number of hydrogen-bond donors (Lipinski definition) is 2.